The van der Waals surface area contributed by atoms with Gasteiger partial charge in [0.25, 0.3) is 0 Å². The highest BCUT2D eigenvalue weighted by Gasteiger charge is 2.11. The van der Waals surface area contributed by atoms with E-state index in [1.807, 2.05) is 6.92 Å². The molecule has 4 nitrogen and oxygen atoms in total. The first-order chi connectivity index (χ1) is 9.54. The molecule has 1 aromatic carbocycles. The maximum atomic E-state index is 13.7. The van der Waals surface area contributed by atoms with E-state index < -0.39 is 11.6 Å². The number of nitrogens with zero attached hydrogens (tertiary/aromatic N) is 3. The highest BCUT2D eigenvalue weighted by molar-refractivity contribution is 7.71. The Balaban J connectivity index is 2.13. The highest BCUT2D eigenvalue weighted by Crippen LogP contribution is 2.20. The Morgan fingerprint density at radius 1 is 1.25 bits per heavy atom. The largest absolute Gasteiger partial charge is 0.328 e. The molecule has 2 aromatic heterocycles. The molecular formula is C13H10F2N4S. The molecule has 3 rings (SSSR count). The van der Waals surface area contributed by atoms with Crippen LogP contribution >= 0.6 is 12.2 Å². The van der Waals surface area contributed by atoms with Crippen molar-refractivity contribution in [1.82, 2.24) is 19.5 Å². The maximum Gasteiger partial charge on any atom is 0.178 e. The monoisotopic (exact) mass is 292 g/mol. The predicted molar refractivity (Wildman–Crippen MR) is 72.9 cm³/mol. The minimum Gasteiger partial charge on any atom is -0.328 e. The van der Waals surface area contributed by atoms with Crippen LogP contribution in [0.1, 0.15) is 11.4 Å². The Morgan fingerprint density at radius 3 is 2.75 bits per heavy atom. The maximum absolute atomic E-state index is 13.7. The van der Waals surface area contributed by atoms with Crippen molar-refractivity contribution in [3.05, 3.63) is 52.3 Å². The van der Waals surface area contributed by atoms with Gasteiger partial charge in [0, 0.05) is 12.3 Å². The van der Waals surface area contributed by atoms with Crippen LogP contribution in [0.15, 0.2) is 24.5 Å². The molecule has 0 fully saturated rings. The third-order valence-corrected chi connectivity index (χ3v) is 3.28. The van der Waals surface area contributed by atoms with Gasteiger partial charge in [0.1, 0.15) is 11.3 Å². The molecule has 0 saturated heterocycles. The van der Waals surface area contributed by atoms with Crippen LogP contribution in [-0.4, -0.2) is 19.5 Å². The lowest BCUT2D eigenvalue weighted by atomic mass is 10.3. The lowest BCUT2D eigenvalue weighted by Gasteiger charge is -2.04. The van der Waals surface area contributed by atoms with E-state index in [1.54, 1.807) is 17.0 Å². The zero-order chi connectivity index (χ0) is 14.3. The summed E-state index contributed by atoms with van der Waals surface area (Å²) < 4.78 is 28.9. The van der Waals surface area contributed by atoms with Crippen LogP contribution < -0.4 is 0 Å². The van der Waals surface area contributed by atoms with Crippen molar-refractivity contribution in [3.8, 4) is 0 Å². The van der Waals surface area contributed by atoms with Crippen LogP contribution in [0.25, 0.3) is 11.0 Å². The Morgan fingerprint density at radius 2 is 2.05 bits per heavy atom. The zero-order valence-electron chi connectivity index (χ0n) is 10.5. The van der Waals surface area contributed by atoms with Gasteiger partial charge in [-0.2, -0.15) is 0 Å². The number of hydrogen-bond donors (Lipinski definition) is 1. The summed E-state index contributed by atoms with van der Waals surface area (Å²) in [6, 6.07) is 2.07. The summed E-state index contributed by atoms with van der Waals surface area (Å²) in [5.41, 5.74) is 2.02. The number of benzene rings is 1. The second kappa shape index (κ2) is 4.75. The molecule has 7 heteroatoms. The van der Waals surface area contributed by atoms with Gasteiger partial charge >= 0.3 is 0 Å². The molecular weight excluding hydrogens is 282 g/mol. The molecule has 0 radical (unpaired) electrons. The van der Waals surface area contributed by atoms with Crippen LogP contribution in [0.2, 0.25) is 0 Å². The van der Waals surface area contributed by atoms with E-state index in [9.17, 15) is 8.78 Å². The van der Waals surface area contributed by atoms with Gasteiger partial charge in [-0.25, -0.2) is 8.78 Å². The number of rotatable bonds is 2. The van der Waals surface area contributed by atoms with E-state index in [0.717, 1.165) is 11.8 Å². The topological polar surface area (TPSA) is 46.5 Å². The molecule has 0 amide bonds. The van der Waals surface area contributed by atoms with Crippen LogP contribution in [-0.2, 0) is 6.54 Å². The van der Waals surface area contributed by atoms with Gasteiger partial charge in [-0.15, -0.1) is 0 Å². The van der Waals surface area contributed by atoms with Crippen LogP contribution in [0.3, 0.4) is 0 Å². The van der Waals surface area contributed by atoms with Crippen LogP contribution in [0.5, 0.6) is 0 Å². The second-order valence-corrected chi connectivity index (χ2v) is 4.83. The molecule has 2 heterocycles. The summed E-state index contributed by atoms with van der Waals surface area (Å²) in [5, 5.41) is 0. The average molecular weight is 292 g/mol. The number of H-pyrrole nitrogens is 1. The smallest absolute Gasteiger partial charge is 0.178 e. The molecule has 102 valence electrons. The Hall–Kier alpha value is -2.15. The van der Waals surface area contributed by atoms with E-state index in [1.165, 1.54) is 6.07 Å². The number of nitrogens with one attached hydrogen (secondary N) is 1. The van der Waals surface area contributed by atoms with Crippen molar-refractivity contribution in [2.24, 2.45) is 0 Å². The van der Waals surface area contributed by atoms with Crippen molar-refractivity contribution < 1.29 is 8.78 Å². The van der Waals surface area contributed by atoms with Gasteiger partial charge in [0.05, 0.1) is 29.6 Å². The third-order valence-electron chi connectivity index (χ3n) is 2.96. The lowest BCUT2D eigenvalue weighted by molar-refractivity contribution is 0.590. The molecule has 0 atom stereocenters. The number of halogens is 2. The van der Waals surface area contributed by atoms with E-state index in [-0.39, 0.29) is 5.52 Å². The van der Waals surface area contributed by atoms with Crippen molar-refractivity contribution in [3.63, 3.8) is 0 Å². The number of imidazole rings is 1. The minimum absolute atomic E-state index is 0.191. The Labute approximate surface area is 118 Å². The molecule has 0 unspecified atom stereocenters. The average Bonchev–Trinajstić information content (AvgIpc) is 2.70. The predicted octanol–water partition coefficient (Wildman–Crippen LogP) is 3.12. The molecule has 20 heavy (non-hydrogen) atoms. The summed E-state index contributed by atoms with van der Waals surface area (Å²) in [5.74, 6) is -1.31. The van der Waals surface area contributed by atoms with Crippen molar-refractivity contribution in [2.75, 3.05) is 0 Å². The van der Waals surface area contributed by atoms with E-state index in [0.29, 0.717) is 22.5 Å². The van der Waals surface area contributed by atoms with Gasteiger partial charge < -0.3 is 9.55 Å². The van der Waals surface area contributed by atoms with E-state index >= 15 is 0 Å². The molecule has 0 bridgehead atoms. The van der Waals surface area contributed by atoms with Crippen molar-refractivity contribution >= 4 is 23.3 Å². The van der Waals surface area contributed by atoms with Crippen LogP contribution in [0.4, 0.5) is 8.78 Å². The minimum atomic E-state index is -0.667. The van der Waals surface area contributed by atoms with Crippen LogP contribution in [0, 0.1) is 23.3 Å². The fourth-order valence-electron chi connectivity index (χ4n) is 2.00. The molecule has 0 spiro atoms. The molecule has 0 aliphatic carbocycles. The number of aryl methyl sites for hydroxylation is 1. The van der Waals surface area contributed by atoms with Gasteiger partial charge in [0.15, 0.2) is 10.6 Å². The molecule has 0 saturated carbocycles. The molecule has 1 N–H and O–H groups in total. The number of aromatic amines is 1. The van der Waals surface area contributed by atoms with E-state index in [4.69, 9.17) is 12.2 Å². The summed E-state index contributed by atoms with van der Waals surface area (Å²) in [6.07, 6.45) is 3.25. The molecule has 0 aliphatic rings. The summed E-state index contributed by atoms with van der Waals surface area (Å²) in [4.78, 5) is 11.1. The van der Waals surface area contributed by atoms with E-state index in [2.05, 4.69) is 15.0 Å². The van der Waals surface area contributed by atoms with Crippen molar-refractivity contribution in [2.45, 2.75) is 13.5 Å². The first kappa shape index (κ1) is 12.9. The lowest BCUT2D eigenvalue weighted by Crippen LogP contribution is -2.03. The Kier molecular flexibility index (Phi) is 3.06. The summed E-state index contributed by atoms with van der Waals surface area (Å²) >= 11 is 5.15. The van der Waals surface area contributed by atoms with Crippen molar-refractivity contribution in [1.29, 1.82) is 0 Å². The third kappa shape index (κ3) is 2.20. The SMILES string of the molecule is Cc1cnc(Cn2c(=S)[nH]c3c(F)cc(F)cc32)cn1. The Bertz CT molecular complexity index is 836. The fourth-order valence-corrected chi connectivity index (χ4v) is 2.27. The quantitative estimate of drug-likeness (QED) is 0.738. The highest BCUT2D eigenvalue weighted by atomic mass is 32.1. The number of hydrogen-bond acceptors (Lipinski definition) is 3. The van der Waals surface area contributed by atoms with Gasteiger partial charge in [0.2, 0.25) is 0 Å². The van der Waals surface area contributed by atoms with Gasteiger partial charge in [-0.3, -0.25) is 9.97 Å². The number of fused-ring (bicyclic) bond motifs is 1. The summed E-state index contributed by atoms with van der Waals surface area (Å²) in [6.45, 7) is 2.13. The van der Waals surface area contributed by atoms with Gasteiger partial charge in [-0.05, 0) is 25.2 Å². The normalized spacial score (nSPS) is 11.2. The standard InChI is InChI=1S/C13H10F2N4S/c1-7-4-17-9(5-16-7)6-19-11-3-8(14)2-10(15)12(11)18-13(19)20/h2-5H,6H2,1H3,(H,18,20). The molecule has 0 aliphatic heterocycles. The first-order valence-corrected chi connectivity index (χ1v) is 6.30. The first-order valence-electron chi connectivity index (χ1n) is 5.89. The molecule has 3 aromatic rings. The van der Waals surface area contributed by atoms with Gasteiger partial charge in [-0.1, -0.05) is 0 Å². The number of aromatic nitrogens is 4. The summed E-state index contributed by atoms with van der Waals surface area (Å²) in [7, 11) is 0. The second-order valence-electron chi connectivity index (χ2n) is 4.45. The fraction of sp³-hybridized carbons (Fsp3) is 0.154. The zero-order valence-corrected chi connectivity index (χ0v) is 11.3.